The SMILES string of the molecule is CC(C)Oc1ccc(Br)cc1C(=O)NC(=S)Nc1ccc([N+](=O)[O-])cc1O. The molecule has 0 aliphatic heterocycles. The van der Waals surface area contributed by atoms with E-state index >= 15 is 0 Å². The molecule has 0 unspecified atom stereocenters. The maximum Gasteiger partial charge on any atom is 0.273 e. The van der Waals surface area contributed by atoms with Gasteiger partial charge in [-0.05, 0) is 50.3 Å². The summed E-state index contributed by atoms with van der Waals surface area (Å²) < 4.78 is 6.32. The van der Waals surface area contributed by atoms with E-state index in [0.717, 1.165) is 6.07 Å². The van der Waals surface area contributed by atoms with E-state index < -0.39 is 10.8 Å². The van der Waals surface area contributed by atoms with Gasteiger partial charge in [0.2, 0.25) is 0 Å². The maximum atomic E-state index is 12.5. The first-order valence-electron chi connectivity index (χ1n) is 7.73. The number of nitrogens with one attached hydrogen (secondary N) is 2. The molecule has 0 bridgehead atoms. The molecule has 2 aromatic carbocycles. The highest BCUT2D eigenvalue weighted by atomic mass is 79.9. The number of nitro groups is 1. The van der Waals surface area contributed by atoms with Crippen LogP contribution in [0.3, 0.4) is 0 Å². The summed E-state index contributed by atoms with van der Waals surface area (Å²) in [5.41, 5.74) is 0.131. The number of anilines is 1. The van der Waals surface area contributed by atoms with Crippen LogP contribution >= 0.6 is 28.1 Å². The maximum absolute atomic E-state index is 12.5. The third-order valence-electron chi connectivity index (χ3n) is 3.22. The van der Waals surface area contributed by atoms with Crippen molar-refractivity contribution in [2.24, 2.45) is 0 Å². The third-order valence-corrected chi connectivity index (χ3v) is 3.91. The van der Waals surface area contributed by atoms with Crippen LogP contribution in [0.15, 0.2) is 40.9 Å². The Morgan fingerprint density at radius 3 is 2.59 bits per heavy atom. The summed E-state index contributed by atoms with van der Waals surface area (Å²) in [7, 11) is 0. The smallest absolute Gasteiger partial charge is 0.273 e. The van der Waals surface area contributed by atoms with Crippen LogP contribution in [0.4, 0.5) is 11.4 Å². The number of non-ortho nitro benzene ring substituents is 1. The number of phenolic OH excluding ortho intramolecular Hbond substituents is 1. The van der Waals surface area contributed by atoms with E-state index in [9.17, 15) is 20.0 Å². The number of halogens is 1. The number of benzene rings is 2. The molecule has 0 heterocycles. The number of carbonyl (C=O) groups is 1. The van der Waals surface area contributed by atoms with Crippen LogP contribution in [0.25, 0.3) is 0 Å². The molecule has 0 saturated heterocycles. The fourth-order valence-electron chi connectivity index (χ4n) is 2.10. The summed E-state index contributed by atoms with van der Waals surface area (Å²) in [5.74, 6) is -0.482. The van der Waals surface area contributed by atoms with Crippen molar-refractivity contribution < 1.29 is 19.6 Å². The highest BCUT2D eigenvalue weighted by Crippen LogP contribution is 2.28. The van der Waals surface area contributed by atoms with E-state index in [2.05, 4.69) is 26.6 Å². The number of hydrogen-bond acceptors (Lipinski definition) is 6. The Hall–Kier alpha value is -2.72. The van der Waals surface area contributed by atoms with Gasteiger partial charge in [0.15, 0.2) is 5.11 Å². The largest absolute Gasteiger partial charge is 0.506 e. The van der Waals surface area contributed by atoms with Crippen LogP contribution in [-0.4, -0.2) is 27.2 Å². The Morgan fingerprint density at radius 1 is 1.30 bits per heavy atom. The van der Waals surface area contributed by atoms with Crippen molar-refractivity contribution in [2.45, 2.75) is 20.0 Å². The number of amides is 1. The molecule has 10 heteroatoms. The predicted molar refractivity (Wildman–Crippen MR) is 108 cm³/mol. The second kappa shape index (κ2) is 8.78. The van der Waals surface area contributed by atoms with E-state index in [-0.39, 0.29) is 33.9 Å². The van der Waals surface area contributed by atoms with Crippen molar-refractivity contribution in [1.82, 2.24) is 5.32 Å². The minimum Gasteiger partial charge on any atom is -0.506 e. The minimum atomic E-state index is -0.632. The normalized spacial score (nSPS) is 10.4. The van der Waals surface area contributed by atoms with Gasteiger partial charge in [0.1, 0.15) is 11.5 Å². The molecule has 0 spiro atoms. The molecule has 142 valence electrons. The topological polar surface area (TPSA) is 114 Å². The van der Waals surface area contributed by atoms with E-state index in [4.69, 9.17) is 17.0 Å². The molecule has 0 saturated carbocycles. The number of thiocarbonyl (C=S) groups is 1. The van der Waals surface area contributed by atoms with E-state index in [1.54, 1.807) is 18.2 Å². The molecule has 2 rings (SSSR count). The fourth-order valence-corrected chi connectivity index (χ4v) is 2.66. The molecule has 1 amide bonds. The van der Waals surface area contributed by atoms with Crippen LogP contribution < -0.4 is 15.4 Å². The molecule has 0 fully saturated rings. The van der Waals surface area contributed by atoms with Crippen LogP contribution in [-0.2, 0) is 0 Å². The lowest BCUT2D eigenvalue weighted by atomic mass is 10.2. The molecule has 8 nitrogen and oxygen atoms in total. The number of carbonyl (C=O) groups excluding carboxylic acids is 1. The van der Waals surface area contributed by atoms with E-state index in [0.29, 0.717) is 10.2 Å². The average Bonchev–Trinajstić information content (AvgIpc) is 2.57. The van der Waals surface area contributed by atoms with Crippen molar-refractivity contribution in [3.8, 4) is 11.5 Å². The van der Waals surface area contributed by atoms with Gasteiger partial charge in [-0.15, -0.1) is 0 Å². The summed E-state index contributed by atoms with van der Waals surface area (Å²) in [6.07, 6.45) is -0.125. The van der Waals surface area contributed by atoms with Crippen molar-refractivity contribution in [2.75, 3.05) is 5.32 Å². The highest BCUT2D eigenvalue weighted by Gasteiger charge is 2.17. The molecule has 0 aliphatic carbocycles. The van der Waals surface area contributed by atoms with Crippen molar-refractivity contribution in [1.29, 1.82) is 0 Å². The van der Waals surface area contributed by atoms with Gasteiger partial charge in [0, 0.05) is 10.5 Å². The quantitative estimate of drug-likeness (QED) is 0.271. The van der Waals surface area contributed by atoms with Crippen LogP contribution in [0.2, 0.25) is 0 Å². The summed E-state index contributed by atoms with van der Waals surface area (Å²) in [4.78, 5) is 22.6. The zero-order valence-corrected chi connectivity index (χ0v) is 16.8. The Morgan fingerprint density at radius 2 is 2.00 bits per heavy atom. The van der Waals surface area contributed by atoms with Gasteiger partial charge in [0.25, 0.3) is 11.6 Å². The number of nitro benzene ring substituents is 1. The number of ether oxygens (including phenoxy) is 1. The first-order chi connectivity index (χ1) is 12.7. The number of nitrogens with zero attached hydrogens (tertiary/aromatic N) is 1. The fraction of sp³-hybridized carbons (Fsp3) is 0.176. The predicted octanol–water partition coefficient (Wildman–Crippen LogP) is 3.98. The van der Waals surface area contributed by atoms with E-state index in [1.165, 1.54) is 12.1 Å². The van der Waals surface area contributed by atoms with E-state index in [1.807, 2.05) is 13.8 Å². The third kappa shape index (κ3) is 5.63. The van der Waals surface area contributed by atoms with Crippen molar-refractivity contribution >= 4 is 50.5 Å². The molecule has 0 atom stereocenters. The van der Waals surface area contributed by atoms with Crippen molar-refractivity contribution in [3.05, 3.63) is 56.5 Å². The Labute approximate surface area is 168 Å². The van der Waals surface area contributed by atoms with Gasteiger partial charge in [-0.25, -0.2) is 0 Å². The molecule has 0 aromatic heterocycles. The summed E-state index contributed by atoms with van der Waals surface area (Å²) in [6, 6.07) is 8.49. The molecule has 3 N–H and O–H groups in total. The minimum absolute atomic E-state index is 0.0837. The number of rotatable bonds is 5. The molecule has 0 radical (unpaired) electrons. The summed E-state index contributed by atoms with van der Waals surface area (Å²) in [5, 5.41) is 25.6. The van der Waals surface area contributed by atoms with Gasteiger partial charge in [-0.3, -0.25) is 20.2 Å². The van der Waals surface area contributed by atoms with Gasteiger partial charge in [0.05, 0.1) is 28.3 Å². The molecule has 27 heavy (non-hydrogen) atoms. The number of phenols is 1. The molecule has 2 aromatic rings. The first kappa shape index (κ1) is 20.6. The second-order valence-corrected chi connectivity index (χ2v) is 7.00. The lowest BCUT2D eigenvalue weighted by Crippen LogP contribution is -2.34. The zero-order chi connectivity index (χ0) is 20.1. The summed E-state index contributed by atoms with van der Waals surface area (Å²) in [6.45, 7) is 3.68. The zero-order valence-electron chi connectivity index (χ0n) is 14.4. The molecular formula is C17H16BrN3O5S. The lowest BCUT2D eigenvalue weighted by molar-refractivity contribution is -0.384. The first-order valence-corrected chi connectivity index (χ1v) is 8.93. The Balaban J connectivity index is 2.13. The van der Waals surface area contributed by atoms with Gasteiger partial charge < -0.3 is 15.2 Å². The van der Waals surface area contributed by atoms with Crippen LogP contribution in [0.5, 0.6) is 11.5 Å². The average molecular weight is 454 g/mol. The number of hydrogen-bond donors (Lipinski definition) is 3. The molecule has 0 aliphatic rings. The van der Waals surface area contributed by atoms with Gasteiger partial charge in [-0.1, -0.05) is 15.9 Å². The van der Waals surface area contributed by atoms with Gasteiger partial charge in [-0.2, -0.15) is 0 Å². The van der Waals surface area contributed by atoms with Gasteiger partial charge >= 0.3 is 0 Å². The van der Waals surface area contributed by atoms with Crippen LogP contribution in [0, 0.1) is 10.1 Å². The Kier molecular flexibility index (Phi) is 6.70. The van der Waals surface area contributed by atoms with Crippen molar-refractivity contribution in [3.63, 3.8) is 0 Å². The number of aromatic hydroxyl groups is 1. The van der Waals surface area contributed by atoms with Crippen LogP contribution in [0.1, 0.15) is 24.2 Å². The standard InChI is InChI=1S/C17H16BrN3O5S/c1-9(2)26-15-6-3-10(18)7-12(15)16(23)20-17(27)19-13-5-4-11(21(24)25)8-14(13)22/h3-9,22H,1-2H3,(H2,19,20,23,27). The Bertz CT molecular complexity index is 904. The highest BCUT2D eigenvalue weighted by molar-refractivity contribution is 9.10. The second-order valence-electron chi connectivity index (χ2n) is 5.67. The summed E-state index contributed by atoms with van der Waals surface area (Å²) >= 11 is 8.39. The lowest BCUT2D eigenvalue weighted by Gasteiger charge is -2.15. The molecular weight excluding hydrogens is 438 g/mol. The monoisotopic (exact) mass is 453 g/mol.